The van der Waals surface area contributed by atoms with E-state index in [-0.39, 0.29) is 5.56 Å². The Morgan fingerprint density at radius 3 is 2.76 bits per heavy atom. The normalized spacial score (nSPS) is 23.0. The molecule has 1 saturated heterocycles. The number of fused-ring (bicyclic) bond motifs is 4. The molecule has 2 aromatic rings. The number of hydrogen-bond acceptors (Lipinski definition) is 4. The Kier molecular flexibility index (Phi) is 4.75. The third-order valence-electron chi connectivity index (χ3n) is 5.25. The highest BCUT2D eigenvalue weighted by atomic mass is 35.5. The predicted octanol–water partition coefficient (Wildman–Crippen LogP) is 3.24. The molecule has 0 N–H and O–H groups in total. The zero-order chi connectivity index (χ0) is 17.6. The Labute approximate surface area is 157 Å². The number of thiophene rings is 1. The first kappa shape index (κ1) is 17.3. The van der Waals surface area contributed by atoms with E-state index < -0.39 is 0 Å². The van der Waals surface area contributed by atoms with E-state index in [4.69, 9.17) is 11.6 Å². The molecule has 25 heavy (non-hydrogen) atoms. The first-order valence-corrected chi connectivity index (χ1v) is 10.0. The van der Waals surface area contributed by atoms with Crippen molar-refractivity contribution in [3.05, 3.63) is 55.1 Å². The lowest BCUT2D eigenvalue weighted by Gasteiger charge is -2.42. The first-order valence-electron chi connectivity index (χ1n) is 8.83. The number of halogens is 1. The second-order valence-electron chi connectivity index (χ2n) is 7.64. The van der Waals surface area contributed by atoms with Crippen molar-refractivity contribution in [2.75, 3.05) is 27.2 Å². The van der Waals surface area contributed by atoms with Gasteiger partial charge in [0.05, 0.1) is 4.34 Å². The molecular formula is C19H24ClN3OS. The third kappa shape index (κ3) is 3.56. The lowest BCUT2D eigenvalue weighted by Crippen LogP contribution is -2.47. The maximum atomic E-state index is 12.9. The zero-order valence-corrected chi connectivity index (χ0v) is 16.3. The Bertz CT molecular complexity index is 828. The lowest BCUT2D eigenvalue weighted by molar-refractivity contribution is 0.115. The molecule has 0 amide bonds. The number of pyridine rings is 1. The van der Waals surface area contributed by atoms with Gasteiger partial charge >= 0.3 is 0 Å². The molecule has 134 valence electrons. The molecule has 0 spiro atoms. The van der Waals surface area contributed by atoms with Crippen molar-refractivity contribution in [3.63, 3.8) is 0 Å². The van der Waals surface area contributed by atoms with Crippen LogP contribution in [0.5, 0.6) is 0 Å². The van der Waals surface area contributed by atoms with Gasteiger partial charge in [0.1, 0.15) is 0 Å². The number of piperidine rings is 1. The average Bonchev–Trinajstić information content (AvgIpc) is 2.95. The molecule has 0 aromatic carbocycles. The first-order chi connectivity index (χ1) is 12.0. The van der Waals surface area contributed by atoms with Crippen LogP contribution in [0.3, 0.4) is 0 Å². The number of hydrogen-bond donors (Lipinski definition) is 0. The maximum Gasteiger partial charge on any atom is 0.255 e. The smallest absolute Gasteiger partial charge is 0.255 e. The van der Waals surface area contributed by atoms with Gasteiger partial charge in [-0.1, -0.05) is 17.7 Å². The molecular weight excluding hydrogens is 354 g/mol. The van der Waals surface area contributed by atoms with E-state index in [1.165, 1.54) is 17.0 Å². The van der Waals surface area contributed by atoms with Crippen LogP contribution in [0.1, 0.15) is 28.5 Å². The van der Waals surface area contributed by atoms with Crippen molar-refractivity contribution in [3.8, 4) is 0 Å². The highest BCUT2D eigenvalue weighted by Crippen LogP contribution is 2.36. The second kappa shape index (κ2) is 6.88. The summed E-state index contributed by atoms with van der Waals surface area (Å²) in [5.74, 6) is 1.03. The van der Waals surface area contributed by atoms with Crippen molar-refractivity contribution < 1.29 is 0 Å². The number of rotatable bonds is 4. The molecule has 0 unspecified atom stereocenters. The van der Waals surface area contributed by atoms with Gasteiger partial charge in [0.15, 0.2) is 0 Å². The van der Waals surface area contributed by atoms with Gasteiger partial charge in [0.2, 0.25) is 0 Å². The van der Waals surface area contributed by atoms with Crippen LogP contribution in [0.25, 0.3) is 0 Å². The fraction of sp³-hybridized carbons (Fsp3) is 0.526. The molecule has 1 fully saturated rings. The molecule has 4 heterocycles. The molecule has 2 bridgehead atoms. The Balaban J connectivity index is 1.56. The van der Waals surface area contributed by atoms with Crippen LogP contribution >= 0.6 is 22.9 Å². The quantitative estimate of drug-likeness (QED) is 0.818. The van der Waals surface area contributed by atoms with Gasteiger partial charge in [0.25, 0.3) is 5.56 Å². The minimum Gasteiger partial charge on any atom is -0.312 e. The van der Waals surface area contributed by atoms with Gasteiger partial charge < -0.3 is 9.47 Å². The second-order valence-corrected chi connectivity index (χ2v) is 9.44. The highest BCUT2D eigenvalue weighted by molar-refractivity contribution is 7.16. The van der Waals surface area contributed by atoms with Crippen LogP contribution in [0.15, 0.2) is 29.1 Å². The van der Waals surface area contributed by atoms with Gasteiger partial charge in [-0.25, -0.2) is 0 Å². The van der Waals surface area contributed by atoms with E-state index in [1.807, 2.05) is 26.2 Å². The van der Waals surface area contributed by atoms with E-state index in [0.717, 1.165) is 36.1 Å². The van der Waals surface area contributed by atoms with E-state index >= 15 is 0 Å². The molecule has 6 heteroatoms. The summed E-state index contributed by atoms with van der Waals surface area (Å²) in [5, 5.41) is 0. The summed E-state index contributed by atoms with van der Waals surface area (Å²) >= 11 is 7.74. The van der Waals surface area contributed by atoms with Crippen molar-refractivity contribution in [1.29, 1.82) is 0 Å². The average molecular weight is 378 g/mol. The summed E-state index contributed by atoms with van der Waals surface area (Å²) < 4.78 is 2.91. The highest BCUT2D eigenvalue weighted by Gasteiger charge is 2.34. The lowest BCUT2D eigenvalue weighted by atomic mass is 9.83. The van der Waals surface area contributed by atoms with Gasteiger partial charge in [0, 0.05) is 54.8 Å². The van der Waals surface area contributed by atoms with Gasteiger partial charge in [-0.3, -0.25) is 9.69 Å². The van der Waals surface area contributed by atoms with Crippen LogP contribution in [0, 0.1) is 5.92 Å². The SMILES string of the molecule is CN(C)Cc1ccc2n(c1=O)C[C@H]1C[C@@H]2CN(Cc2ccc(Cl)s2)C1. The van der Waals surface area contributed by atoms with E-state index in [9.17, 15) is 4.79 Å². The zero-order valence-electron chi connectivity index (χ0n) is 14.7. The predicted molar refractivity (Wildman–Crippen MR) is 104 cm³/mol. The summed E-state index contributed by atoms with van der Waals surface area (Å²) in [6.07, 6.45) is 1.20. The molecule has 2 aliphatic heterocycles. The summed E-state index contributed by atoms with van der Waals surface area (Å²) in [6.45, 7) is 4.62. The van der Waals surface area contributed by atoms with Crippen LogP contribution in [-0.4, -0.2) is 41.6 Å². The summed E-state index contributed by atoms with van der Waals surface area (Å²) in [7, 11) is 4.01. The molecule has 2 atom stereocenters. The largest absolute Gasteiger partial charge is 0.312 e. The summed E-state index contributed by atoms with van der Waals surface area (Å²) in [4.78, 5) is 18.8. The molecule has 2 aliphatic rings. The number of likely N-dealkylation sites (tertiary alicyclic amines) is 1. The third-order valence-corrected chi connectivity index (χ3v) is 6.47. The Morgan fingerprint density at radius 1 is 1.20 bits per heavy atom. The fourth-order valence-electron chi connectivity index (χ4n) is 4.34. The summed E-state index contributed by atoms with van der Waals surface area (Å²) in [6, 6.07) is 8.33. The van der Waals surface area contributed by atoms with Crippen molar-refractivity contribution in [1.82, 2.24) is 14.4 Å². The van der Waals surface area contributed by atoms with E-state index in [0.29, 0.717) is 18.4 Å². The van der Waals surface area contributed by atoms with E-state index in [2.05, 4.69) is 26.5 Å². The van der Waals surface area contributed by atoms with Crippen LogP contribution in [0.2, 0.25) is 4.34 Å². The van der Waals surface area contributed by atoms with Gasteiger partial charge in [-0.2, -0.15) is 0 Å². The number of aromatic nitrogens is 1. The number of nitrogens with zero attached hydrogens (tertiary/aromatic N) is 3. The fourth-order valence-corrected chi connectivity index (χ4v) is 5.47. The van der Waals surface area contributed by atoms with Crippen molar-refractivity contribution >= 4 is 22.9 Å². The molecule has 2 aromatic heterocycles. The maximum absolute atomic E-state index is 12.9. The Morgan fingerprint density at radius 2 is 2.04 bits per heavy atom. The molecule has 4 rings (SSSR count). The van der Waals surface area contributed by atoms with Crippen molar-refractivity contribution in [2.45, 2.75) is 32.0 Å². The topological polar surface area (TPSA) is 28.5 Å². The van der Waals surface area contributed by atoms with Gasteiger partial charge in [-0.05, 0) is 44.6 Å². The standard InChI is InChI=1S/C19H24ClN3OS/c1-21(2)10-14-3-5-17-15-7-13(9-23(17)19(14)24)8-22(11-15)12-16-4-6-18(20)25-16/h3-6,13,15H,7-12H2,1-2H3/t13-,15+/m0/s1. The minimum atomic E-state index is 0.208. The van der Waals surface area contributed by atoms with Gasteiger partial charge in [-0.15, -0.1) is 11.3 Å². The summed E-state index contributed by atoms with van der Waals surface area (Å²) in [5.41, 5.74) is 2.33. The molecule has 0 radical (unpaired) electrons. The molecule has 0 aliphatic carbocycles. The Hall–Kier alpha value is -1.14. The minimum absolute atomic E-state index is 0.208. The van der Waals surface area contributed by atoms with Crippen LogP contribution < -0.4 is 5.56 Å². The van der Waals surface area contributed by atoms with Crippen molar-refractivity contribution in [2.24, 2.45) is 5.92 Å². The molecule has 0 saturated carbocycles. The van der Waals surface area contributed by atoms with Crippen LogP contribution in [0.4, 0.5) is 0 Å². The van der Waals surface area contributed by atoms with Crippen LogP contribution in [-0.2, 0) is 19.6 Å². The molecule has 4 nitrogen and oxygen atoms in total. The monoisotopic (exact) mass is 377 g/mol. The van der Waals surface area contributed by atoms with E-state index in [1.54, 1.807) is 11.3 Å².